The van der Waals surface area contributed by atoms with Crippen LogP contribution in [0.4, 0.5) is 0 Å². The van der Waals surface area contributed by atoms with Gasteiger partial charge in [-0.3, -0.25) is 0 Å². The first-order valence-electron chi connectivity index (χ1n) is 6.04. The number of hydrogen-bond donors (Lipinski definition) is 1. The van der Waals surface area contributed by atoms with Gasteiger partial charge in [-0.05, 0) is 25.3 Å². The van der Waals surface area contributed by atoms with Crippen LogP contribution in [0.1, 0.15) is 24.0 Å². The van der Waals surface area contributed by atoms with E-state index in [9.17, 15) is 8.42 Å². The van der Waals surface area contributed by atoms with E-state index in [1.165, 1.54) is 11.1 Å². The van der Waals surface area contributed by atoms with Crippen molar-refractivity contribution >= 4 is 9.84 Å². The highest BCUT2D eigenvalue weighted by atomic mass is 32.2. The summed E-state index contributed by atoms with van der Waals surface area (Å²) in [6.07, 6.45) is 1.49. The van der Waals surface area contributed by atoms with E-state index >= 15 is 0 Å². The third-order valence-electron chi connectivity index (χ3n) is 3.27. The van der Waals surface area contributed by atoms with E-state index in [4.69, 9.17) is 0 Å². The Bertz CT molecular complexity index is 451. The average Bonchev–Trinajstić information content (AvgIpc) is 2.30. The topological polar surface area (TPSA) is 46.2 Å². The van der Waals surface area contributed by atoms with Crippen LogP contribution in [0.3, 0.4) is 0 Å². The van der Waals surface area contributed by atoms with Gasteiger partial charge in [0.2, 0.25) is 0 Å². The van der Waals surface area contributed by atoms with Gasteiger partial charge < -0.3 is 5.32 Å². The highest BCUT2D eigenvalue weighted by molar-refractivity contribution is 7.91. The van der Waals surface area contributed by atoms with E-state index in [0.717, 1.165) is 19.4 Å². The predicted octanol–water partition coefficient (Wildman–Crippen LogP) is 1.66. The van der Waals surface area contributed by atoms with Gasteiger partial charge in [0.15, 0.2) is 0 Å². The van der Waals surface area contributed by atoms with Crippen molar-refractivity contribution in [1.29, 1.82) is 0 Å². The van der Waals surface area contributed by atoms with Crippen molar-refractivity contribution in [2.75, 3.05) is 11.5 Å². The van der Waals surface area contributed by atoms with Crippen LogP contribution in [0, 0.1) is 6.92 Å². The first-order valence-corrected chi connectivity index (χ1v) is 7.87. The van der Waals surface area contributed by atoms with Gasteiger partial charge in [0.05, 0.1) is 11.5 Å². The second-order valence-corrected chi connectivity index (χ2v) is 7.10. The molecule has 1 heterocycles. The Morgan fingerprint density at radius 1 is 1.18 bits per heavy atom. The molecule has 1 aromatic rings. The van der Waals surface area contributed by atoms with Crippen molar-refractivity contribution in [2.45, 2.75) is 32.4 Å². The first kappa shape index (κ1) is 12.6. The molecule has 0 saturated carbocycles. The first-order chi connectivity index (χ1) is 8.05. The minimum Gasteiger partial charge on any atom is -0.310 e. The number of rotatable bonds is 3. The predicted molar refractivity (Wildman–Crippen MR) is 69.7 cm³/mol. The van der Waals surface area contributed by atoms with E-state index in [0.29, 0.717) is 17.5 Å². The zero-order valence-corrected chi connectivity index (χ0v) is 11.0. The Morgan fingerprint density at radius 2 is 1.76 bits per heavy atom. The molecule has 1 aliphatic heterocycles. The summed E-state index contributed by atoms with van der Waals surface area (Å²) in [7, 11) is -2.74. The van der Waals surface area contributed by atoms with Gasteiger partial charge in [-0.1, -0.05) is 29.8 Å². The van der Waals surface area contributed by atoms with Gasteiger partial charge in [-0.15, -0.1) is 0 Å². The lowest BCUT2D eigenvalue weighted by atomic mass is 10.1. The van der Waals surface area contributed by atoms with Gasteiger partial charge in [0.1, 0.15) is 9.84 Å². The van der Waals surface area contributed by atoms with Crippen LogP contribution in [0.5, 0.6) is 0 Å². The SMILES string of the molecule is Cc1ccc(CNC2CCS(=O)(=O)CC2)cc1. The lowest BCUT2D eigenvalue weighted by Crippen LogP contribution is -2.37. The van der Waals surface area contributed by atoms with Crippen LogP contribution >= 0.6 is 0 Å². The quantitative estimate of drug-likeness (QED) is 0.891. The van der Waals surface area contributed by atoms with Crippen LogP contribution in [0.2, 0.25) is 0 Å². The molecule has 1 aromatic carbocycles. The van der Waals surface area contributed by atoms with Crippen molar-refractivity contribution in [3.8, 4) is 0 Å². The summed E-state index contributed by atoms with van der Waals surface area (Å²) in [5.41, 5.74) is 2.52. The van der Waals surface area contributed by atoms with Gasteiger partial charge in [0, 0.05) is 12.6 Å². The Balaban J connectivity index is 1.81. The second-order valence-electron chi connectivity index (χ2n) is 4.79. The Hall–Kier alpha value is -0.870. The summed E-state index contributed by atoms with van der Waals surface area (Å²) in [6, 6.07) is 8.77. The Kier molecular flexibility index (Phi) is 3.84. The molecule has 1 N–H and O–H groups in total. The summed E-state index contributed by atoms with van der Waals surface area (Å²) in [5.74, 6) is 0.664. The molecule has 0 aromatic heterocycles. The van der Waals surface area contributed by atoms with Gasteiger partial charge in [0.25, 0.3) is 0 Å². The van der Waals surface area contributed by atoms with Crippen LogP contribution in [0.25, 0.3) is 0 Å². The molecule has 0 spiro atoms. The summed E-state index contributed by atoms with van der Waals surface area (Å²) < 4.78 is 22.6. The highest BCUT2D eigenvalue weighted by Crippen LogP contribution is 2.13. The number of hydrogen-bond acceptors (Lipinski definition) is 3. The Morgan fingerprint density at radius 3 is 2.35 bits per heavy atom. The van der Waals surface area contributed by atoms with Crippen LogP contribution in [0.15, 0.2) is 24.3 Å². The molecule has 4 heteroatoms. The van der Waals surface area contributed by atoms with Gasteiger partial charge in [-0.2, -0.15) is 0 Å². The van der Waals surface area contributed by atoms with Crippen molar-refractivity contribution < 1.29 is 8.42 Å². The second kappa shape index (κ2) is 5.19. The normalized spacial score (nSPS) is 20.3. The molecule has 1 fully saturated rings. The fourth-order valence-corrected chi connectivity index (χ4v) is 3.55. The summed E-state index contributed by atoms with van der Waals surface area (Å²) in [6.45, 7) is 2.90. The molecule has 0 radical (unpaired) electrons. The number of aryl methyl sites for hydroxylation is 1. The largest absolute Gasteiger partial charge is 0.310 e. The van der Waals surface area contributed by atoms with E-state index in [2.05, 4.69) is 36.5 Å². The molecular weight excluding hydrogens is 234 g/mol. The zero-order valence-electron chi connectivity index (χ0n) is 10.1. The lowest BCUT2D eigenvalue weighted by molar-refractivity contribution is 0.463. The third-order valence-corrected chi connectivity index (χ3v) is 4.99. The molecule has 0 bridgehead atoms. The highest BCUT2D eigenvalue weighted by Gasteiger charge is 2.22. The number of benzene rings is 1. The van der Waals surface area contributed by atoms with Crippen LogP contribution in [-0.4, -0.2) is 26.0 Å². The van der Waals surface area contributed by atoms with Gasteiger partial charge >= 0.3 is 0 Å². The maximum Gasteiger partial charge on any atom is 0.150 e. The molecule has 1 aliphatic rings. The molecule has 0 atom stereocenters. The average molecular weight is 253 g/mol. The van der Waals surface area contributed by atoms with Crippen molar-refractivity contribution in [3.05, 3.63) is 35.4 Å². The molecule has 17 heavy (non-hydrogen) atoms. The summed E-state index contributed by atoms with van der Waals surface area (Å²) in [5, 5.41) is 3.43. The maximum atomic E-state index is 11.3. The zero-order chi connectivity index (χ0) is 12.3. The molecule has 94 valence electrons. The maximum absolute atomic E-state index is 11.3. The Labute approximate surface area is 103 Å². The van der Waals surface area contributed by atoms with Crippen molar-refractivity contribution in [1.82, 2.24) is 5.32 Å². The van der Waals surface area contributed by atoms with Gasteiger partial charge in [-0.25, -0.2) is 8.42 Å². The van der Waals surface area contributed by atoms with E-state index < -0.39 is 9.84 Å². The summed E-state index contributed by atoms with van der Waals surface area (Å²) in [4.78, 5) is 0. The van der Waals surface area contributed by atoms with E-state index in [1.54, 1.807) is 0 Å². The number of nitrogens with one attached hydrogen (secondary N) is 1. The van der Waals surface area contributed by atoms with Crippen molar-refractivity contribution in [2.24, 2.45) is 0 Å². The molecule has 1 saturated heterocycles. The third kappa shape index (κ3) is 3.82. The van der Waals surface area contributed by atoms with E-state index in [-0.39, 0.29) is 0 Å². The fourth-order valence-electron chi connectivity index (χ4n) is 2.06. The standard InChI is InChI=1S/C13H19NO2S/c1-11-2-4-12(5-3-11)10-14-13-6-8-17(15,16)9-7-13/h2-5,13-14H,6-10H2,1H3. The minimum absolute atomic E-state index is 0.332. The lowest BCUT2D eigenvalue weighted by Gasteiger charge is -2.23. The molecule has 0 aliphatic carbocycles. The van der Waals surface area contributed by atoms with Crippen LogP contribution in [-0.2, 0) is 16.4 Å². The molecule has 0 unspecified atom stereocenters. The monoisotopic (exact) mass is 253 g/mol. The fraction of sp³-hybridized carbons (Fsp3) is 0.538. The number of sulfone groups is 1. The molecule has 0 amide bonds. The van der Waals surface area contributed by atoms with E-state index in [1.807, 2.05) is 0 Å². The summed E-state index contributed by atoms with van der Waals surface area (Å²) >= 11 is 0. The smallest absolute Gasteiger partial charge is 0.150 e. The minimum atomic E-state index is -2.74. The van der Waals surface area contributed by atoms with Crippen molar-refractivity contribution in [3.63, 3.8) is 0 Å². The molecule has 3 nitrogen and oxygen atoms in total. The molecular formula is C13H19NO2S. The van der Waals surface area contributed by atoms with Crippen LogP contribution < -0.4 is 5.32 Å². The molecule has 2 rings (SSSR count).